The number of rotatable bonds is 4. The van der Waals surface area contributed by atoms with E-state index in [1.807, 2.05) is 6.34 Å². The van der Waals surface area contributed by atoms with Gasteiger partial charge in [-0.25, -0.2) is 0 Å². The van der Waals surface area contributed by atoms with Crippen LogP contribution in [0.5, 0.6) is 0 Å². The van der Waals surface area contributed by atoms with Crippen molar-refractivity contribution in [3.05, 3.63) is 0 Å². The molecule has 1 unspecified atom stereocenters. The lowest BCUT2D eigenvalue weighted by Crippen LogP contribution is -2.41. The predicted molar refractivity (Wildman–Crippen MR) is 56.5 cm³/mol. The maximum absolute atomic E-state index is 4.39. The van der Waals surface area contributed by atoms with Crippen molar-refractivity contribution in [2.24, 2.45) is 11.0 Å². The van der Waals surface area contributed by atoms with Gasteiger partial charge in [0.2, 0.25) is 0 Å². The van der Waals surface area contributed by atoms with Crippen molar-refractivity contribution in [2.45, 2.75) is 39.8 Å². The zero-order valence-corrected chi connectivity index (χ0v) is 9.20. The minimum Gasteiger partial charge on any atom is -0.342 e. The van der Waals surface area contributed by atoms with Crippen molar-refractivity contribution in [3.63, 3.8) is 0 Å². The third-order valence-corrected chi connectivity index (χ3v) is 2.44. The standard InChI is InChI=1S/C10H21N3/c1-5-6-7-13-10(9(2)3)12(4)8-11-13/h8-10H,5-7H2,1-4H3. The predicted octanol–water partition coefficient (Wildman–Crippen LogP) is 1.96. The summed E-state index contributed by atoms with van der Waals surface area (Å²) in [6.07, 6.45) is 4.86. The highest BCUT2D eigenvalue weighted by molar-refractivity contribution is 5.56. The number of nitrogens with zero attached hydrogens (tertiary/aromatic N) is 3. The maximum Gasteiger partial charge on any atom is 0.121 e. The molecular formula is C10H21N3. The molecule has 0 amide bonds. The fourth-order valence-electron chi connectivity index (χ4n) is 1.82. The second-order valence-electron chi connectivity index (χ2n) is 4.07. The molecule has 3 nitrogen and oxygen atoms in total. The van der Waals surface area contributed by atoms with Crippen LogP contribution in [0.3, 0.4) is 0 Å². The molecule has 0 radical (unpaired) electrons. The Hall–Kier alpha value is -0.730. The Kier molecular flexibility index (Phi) is 3.58. The van der Waals surface area contributed by atoms with Crippen LogP contribution in [0.4, 0.5) is 0 Å². The molecule has 0 aliphatic carbocycles. The summed E-state index contributed by atoms with van der Waals surface area (Å²) in [5.74, 6) is 0.629. The molecule has 0 bridgehead atoms. The Bertz CT molecular complexity index is 177. The lowest BCUT2D eigenvalue weighted by Gasteiger charge is -2.31. The Morgan fingerprint density at radius 2 is 2.15 bits per heavy atom. The van der Waals surface area contributed by atoms with E-state index in [2.05, 4.69) is 42.8 Å². The van der Waals surface area contributed by atoms with Crippen molar-refractivity contribution in [2.75, 3.05) is 13.6 Å². The summed E-state index contributed by atoms with van der Waals surface area (Å²) < 4.78 is 0. The van der Waals surface area contributed by atoms with Gasteiger partial charge in [-0.2, -0.15) is 5.10 Å². The lowest BCUT2D eigenvalue weighted by molar-refractivity contribution is 0.102. The first kappa shape index (κ1) is 10.4. The van der Waals surface area contributed by atoms with Gasteiger partial charge in [-0.3, -0.25) is 5.01 Å². The highest BCUT2D eigenvalue weighted by atomic mass is 15.6. The van der Waals surface area contributed by atoms with Gasteiger partial charge >= 0.3 is 0 Å². The van der Waals surface area contributed by atoms with Crippen LogP contribution in [0.2, 0.25) is 0 Å². The summed E-state index contributed by atoms with van der Waals surface area (Å²) in [4.78, 5) is 2.19. The summed E-state index contributed by atoms with van der Waals surface area (Å²) in [7, 11) is 2.10. The summed E-state index contributed by atoms with van der Waals surface area (Å²) in [5.41, 5.74) is 0. The van der Waals surface area contributed by atoms with Crippen LogP contribution in [-0.2, 0) is 0 Å². The second-order valence-corrected chi connectivity index (χ2v) is 4.07. The van der Waals surface area contributed by atoms with Gasteiger partial charge in [-0.15, -0.1) is 0 Å². The molecule has 76 valence electrons. The Morgan fingerprint density at radius 1 is 1.46 bits per heavy atom. The fraction of sp³-hybridized carbons (Fsp3) is 0.900. The maximum atomic E-state index is 4.39. The number of hydrazone groups is 1. The van der Waals surface area contributed by atoms with Crippen molar-refractivity contribution in [3.8, 4) is 0 Å². The third kappa shape index (κ3) is 2.36. The van der Waals surface area contributed by atoms with Crippen molar-refractivity contribution < 1.29 is 0 Å². The molecule has 3 heteroatoms. The van der Waals surface area contributed by atoms with Gasteiger partial charge in [-0.1, -0.05) is 27.2 Å². The molecule has 0 fully saturated rings. The van der Waals surface area contributed by atoms with Crippen molar-refractivity contribution in [1.82, 2.24) is 9.91 Å². The van der Waals surface area contributed by atoms with Gasteiger partial charge < -0.3 is 4.90 Å². The average Bonchev–Trinajstić information content (AvgIpc) is 2.43. The van der Waals surface area contributed by atoms with Gasteiger partial charge in [0.05, 0.1) is 0 Å². The van der Waals surface area contributed by atoms with E-state index in [0.717, 1.165) is 6.54 Å². The summed E-state index contributed by atoms with van der Waals surface area (Å²) in [5, 5.41) is 6.59. The molecule has 0 saturated carbocycles. The summed E-state index contributed by atoms with van der Waals surface area (Å²) in [6.45, 7) is 7.79. The number of hydrogen-bond donors (Lipinski definition) is 0. The molecule has 1 heterocycles. The minimum atomic E-state index is 0.464. The van der Waals surface area contributed by atoms with E-state index < -0.39 is 0 Å². The first-order chi connectivity index (χ1) is 6.16. The molecule has 0 aromatic rings. The lowest BCUT2D eigenvalue weighted by atomic mass is 10.1. The first-order valence-corrected chi connectivity index (χ1v) is 5.19. The van der Waals surface area contributed by atoms with Crippen molar-refractivity contribution in [1.29, 1.82) is 0 Å². The summed E-state index contributed by atoms with van der Waals surface area (Å²) >= 11 is 0. The van der Waals surface area contributed by atoms with Crippen LogP contribution in [0.1, 0.15) is 33.6 Å². The van der Waals surface area contributed by atoms with Gasteiger partial charge in [0, 0.05) is 13.6 Å². The van der Waals surface area contributed by atoms with E-state index in [1.165, 1.54) is 12.8 Å². The SMILES string of the molecule is CCCCN1N=CN(C)C1C(C)C. The van der Waals surface area contributed by atoms with Gasteiger partial charge in [0.1, 0.15) is 12.5 Å². The van der Waals surface area contributed by atoms with E-state index in [0.29, 0.717) is 12.1 Å². The molecule has 0 aromatic carbocycles. The summed E-state index contributed by atoms with van der Waals surface area (Å²) in [6, 6.07) is 0. The largest absolute Gasteiger partial charge is 0.342 e. The number of hydrogen-bond acceptors (Lipinski definition) is 3. The monoisotopic (exact) mass is 183 g/mol. The van der Waals surface area contributed by atoms with E-state index in [1.54, 1.807) is 0 Å². The Labute approximate surface area is 81.4 Å². The smallest absolute Gasteiger partial charge is 0.121 e. The third-order valence-electron chi connectivity index (χ3n) is 2.44. The molecule has 0 saturated heterocycles. The van der Waals surface area contributed by atoms with E-state index >= 15 is 0 Å². The van der Waals surface area contributed by atoms with Crippen LogP contribution in [0, 0.1) is 5.92 Å². The molecule has 1 aliphatic heterocycles. The quantitative estimate of drug-likeness (QED) is 0.663. The highest BCUT2D eigenvalue weighted by Gasteiger charge is 2.27. The normalized spacial score (nSPS) is 22.1. The Morgan fingerprint density at radius 3 is 2.69 bits per heavy atom. The molecule has 0 aromatic heterocycles. The van der Waals surface area contributed by atoms with Gasteiger partial charge in [0.25, 0.3) is 0 Å². The first-order valence-electron chi connectivity index (χ1n) is 5.19. The molecule has 13 heavy (non-hydrogen) atoms. The fourth-order valence-corrected chi connectivity index (χ4v) is 1.82. The van der Waals surface area contributed by atoms with Crippen LogP contribution in [0.25, 0.3) is 0 Å². The molecule has 1 atom stereocenters. The van der Waals surface area contributed by atoms with Crippen LogP contribution in [-0.4, -0.2) is 36.0 Å². The van der Waals surface area contributed by atoms with Gasteiger partial charge in [-0.05, 0) is 12.3 Å². The molecule has 1 aliphatic rings. The van der Waals surface area contributed by atoms with Crippen LogP contribution in [0.15, 0.2) is 5.10 Å². The minimum absolute atomic E-state index is 0.464. The highest BCUT2D eigenvalue weighted by Crippen LogP contribution is 2.18. The van der Waals surface area contributed by atoms with E-state index in [9.17, 15) is 0 Å². The molecule has 0 spiro atoms. The average molecular weight is 183 g/mol. The molecule has 1 rings (SSSR count). The zero-order chi connectivity index (χ0) is 9.84. The topological polar surface area (TPSA) is 18.8 Å². The van der Waals surface area contributed by atoms with Crippen LogP contribution < -0.4 is 0 Å². The van der Waals surface area contributed by atoms with Crippen LogP contribution >= 0.6 is 0 Å². The molecular weight excluding hydrogens is 162 g/mol. The Balaban J connectivity index is 2.48. The zero-order valence-electron chi connectivity index (χ0n) is 9.20. The number of unbranched alkanes of at least 4 members (excludes halogenated alkanes) is 1. The molecule has 0 N–H and O–H groups in total. The van der Waals surface area contributed by atoms with E-state index in [4.69, 9.17) is 0 Å². The van der Waals surface area contributed by atoms with Crippen molar-refractivity contribution >= 4 is 6.34 Å². The van der Waals surface area contributed by atoms with Gasteiger partial charge in [0.15, 0.2) is 0 Å². The van der Waals surface area contributed by atoms with E-state index in [-0.39, 0.29) is 0 Å². The second kappa shape index (κ2) is 4.49.